The van der Waals surface area contributed by atoms with Crippen LogP contribution in [0.4, 0.5) is 10.1 Å². The minimum absolute atomic E-state index is 0.307. The molecule has 0 aliphatic heterocycles. The smallest absolute Gasteiger partial charge is 0.229 e. The Hall–Kier alpha value is -2.34. The maximum atomic E-state index is 14.2. The molecule has 1 heterocycles. The number of anilines is 1. The first-order chi connectivity index (χ1) is 10.3. The molecule has 0 amide bonds. The summed E-state index contributed by atoms with van der Waals surface area (Å²) >= 11 is 0. The molecule has 0 saturated heterocycles. The highest BCUT2D eigenvalue weighted by atomic mass is 32.2. The minimum atomic E-state index is -3.35. The van der Waals surface area contributed by atoms with Gasteiger partial charge in [0.1, 0.15) is 5.82 Å². The van der Waals surface area contributed by atoms with Gasteiger partial charge < -0.3 is 4.98 Å². The van der Waals surface area contributed by atoms with E-state index in [1.165, 1.54) is 6.07 Å². The lowest BCUT2D eigenvalue weighted by Gasteiger charge is -2.07. The maximum Gasteiger partial charge on any atom is 0.229 e. The fourth-order valence-electron chi connectivity index (χ4n) is 2.48. The van der Waals surface area contributed by atoms with E-state index >= 15 is 0 Å². The van der Waals surface area contributed by atoms with Crippen molar-refractivity contribution in [3.05, 3.63) is 54.0 Å². The summed E-state index contributed by atoms with van der Waals surface area (Å²) in [5.74, 6) is -0.307. The van der Waals surface area contributed by atoms with E-state index in [1.54, 1.807) is 24.3 Å². The summed E-state index contributed by atoms with van der Waals surface area (Å²) < 4.78 is 39.2. The largest absolute Gasteiger partial charge is 0.359 e. The summed E-state index contributed by atoms with van der Waals surface area (Å²) in [5.41, 5.74) is 3.47. The first-order valence-electron chi connectivity index (χ1n) is 6.69. The van der Waals surface area contributed by atoms with Crippen LogP contribution in [0.1, 0.15) is 5.69 Å². The lowest BCUT2D eigenvalue weighted by Crippen LogP contribution is -2.09. The van der Waals surface area contributed by atoms with Gasteiger partial charge >= 0.3 is 0 Å². The fourth-order valence-corrected chi connectivity index (χ4v) is 3.03. The van der Waals surface area contributed by atoms with Gasteiger partial charge in [0.25, 0.3) is 0 Å². The molecule has 0 unspecified atom stereocenters. The zero-order valence-corrected chi connectivity index (χ0v) is 13.0. The molecule has 0 aliphatic carbocycles. The van der Waals surface area contributed by atoms with E-state index in [2.05, 4.69) is 9.71 Å². The van der Waals surface area contributed by atoms with E-state index in [1.807, 2.05) is 19.1 Å². The van der Waals surface area contributed by atoms with E-state index in [-0.39, 0.29) is 5.82 Å². The Balaban J connectivity index is 2.09. The summed E-state index contributed by atoms with van der Waals surface area (Å²) in [6.45, 7) is 1.87. The Kier molecular flexibility index (Phi) is 3.41. The van der Waals surface area contributed by atoms with Crippen LogP contribution in [-0.4, -0.2) is 19.7 Å². The molecule has 0 radical (unpaired) electrons. The molecule has 1 aromatic heterocycles. The van der Waals surface area contributed by atoms with Gasteiger partial charge in [0, 0.05) is 22.3 Å². The fraction of sp³-hybridized carbons (Fsp3) is 0.125. The topological polar surface area (TPSA) is 62.0 Å². The van der Waals surface area contributed by atoms with Crippen molar-refractivity contribution in [2.24, 2.45) is 0 Å². The molecule has 22 heavy (non-hydrogen) atoms. The predicted octanol–water partition coefficient (Wildman–Crippen LogP) is 3.65. The Bertz CT molecular complexity index is 961. The molecule has 0 aliphatic rings. The molecule has 0 spiro atoms. The number of halogens is 1. The van der Waals surface area contributed by atoms with Crippen LogP contribution >= 0.6 is 0 Å². The van der Waals surface area contributed by atoms with Crippen molar-refractivity contribution < 1.29 is 12.8 Å². The summed E-state index contributed by atoms with van der Waals surface area (Å²) in [7, 11) is -3.35. The van der Waals surface area contributed by atoms with Crippen LogP contribution in [0.3, 0.4) is 0 Å². The molecule has 114 valence electrons. The first kappa shape index (κ1) is 14.6. The Morgan fingerprint density at radius 1 is 1.09 bits per heavy atom. The van der Waals surface area contributed by atoms with Crippen LogP contribution in [0.25, 0.3) is 22.0 Å². The predicted molar refractivity (Wildman–Crippen MR) is 86.9 cm³/mol. The molecule has 0 saturated carbocycles. The summed E-state index contributed by atoms with van der Waals surface area (Å²) in [5, 5.41) is 0.548. The standard InChI is InChI=1S/C16H15FN2O2S/c1-10-6-14-15(17)8-12(9-16(14)18-10)11-4-3-5-13(7-11)19-22(2,20)21/h3-9,18-19H,1-2H3. The van der Waals surface area contributed by atoms with E-state index in [0.717, 1.165) is 17.5 Å². The maximum absolute atomic E-state index is 14.2. The molecule has 4 nitrogen and oxygen atoms in total. The number of sulfonamides is 1. The highest BCUT2D eigenvalue weighted by molar-refractivity contribution is 7.92. The number of fused-ring (bicyclic) bond motifs is 1. The van der Waals surface area contributed by atoms with E-state index in [4.69, 9.17) is 0 Å². The molecule has 2 N–H and O–H groups in total. The average molecular weight is 318 g/mol. The van der Waals surface area contributed by atoms with Gasteiger partial charge in [-0.1, -0.05) is 12.1 Å². The Labute approximate surface area is 128 Å². The second-order valence-corrected chi connectivity index (χ2v) is 7.08. The number of aromatic amines is 1. The number of H-pyrrole nitrogens is 1. The van der Waals surface area contributed by atoms with Gasteiger partial charge in [-0.3, -0.25) is 4.72 Å². The van der Waals surface area contributed by atoms with Gasteiger partial charge in [-0.2, -0.15) is 0 Å². The second kappa shape index (κ2) is 5.14. The molecule has 2 aromatic carbocycles. The molecule has 3 aromatic rings. The normalized spacial score (nSPS) is 11.8. The lowest BCUT2D eigenvalue weighted by molar-refractivity contribution is 0.607. The molecule has 0 fully saturated rings. The van der Waals surface area contributed by atoms with Crippen LogP contribution in [0.5, 0.6) is 0 Å². The number of benzene rings is 2. The third-order valence-electron chi connectivity index (χ3n) is 3.32. The third kappa shape index (κ3) is 2.96. The number of hydrogen-bond donors (Lipinski definition) is 2. The van der Waals surface area contributed by atoms with Gasteiger partial charge in [0.2, 0.25) is 10.0 Å². The van der Waals surface area contributed by atoms with Crippen LogP contribution in [0, 0.1) is 12.7 Å². The van der Waals surface area contributed by atoms with Crippen molar-refractivity contribution in [3.8, 4) is 11.1 Å². The van der Waals surface area contributed by atoms with Crippen molar-refractivity contribution in [1.29, 1.82) is 0 Å². The quantitative estimate of drug-likeness (QED) is 0.774. The SMILES string of the molecule is Cc1cc2c(F)cc(-c3cccc(NS(C)(=O)=O)c3)cc2[nH]1. The van der Waals surface area contributed by atoms with Crippen molar-refractivity contribution >= 4 is 26.6 Å². The van der Waals surface area contributed by atoms with Crippen LogP contribution in [0.2, 0.25) is 0 Å². The van der Waals surface area contributed by atoms with Crippen molar-refractivity contribution in [2.75, 3.05) is 11.0 Å². The van der Waals surface area contributed by atoms with Gasteiger partial charge in [0.15, 0.2) is 0 Å². The number of aromatic nitrogens is 1. The zero-order valence-electron chi connectivity index (χ0n) is 12.1. The molecular weight excluding hydrogens is 303 g/mol. The van der Waals surface area contributed by atoms with Crippen molar-refractivity contribution in [1.82, 2.24) is 4.98 Å². The van der Waals surface area contributed by atoms with E-state index in [0.29, 0.717) is 22.2 Å². The van der Waals surface area contributed by atoms with Crippen molar-refractivity contribution in [2.45, 2.75) is 6.92 Å². The number of hydrogen-bond acceptors (Lipinski definition) is 2. The third-order valence-corrected chi connectivity index (χ3v) is 3.93. The Morgan fingerprint density at radius 3 is 2.59 bits per heavy atom. The first-order valence-corrected chi connectivity index (χ1v) is 8.58. The Morgan fingerprint density at radius 2 is 1.86 bits per heavy atom. The summed E-state index contributed by atoms with van der Waals surface area (Å²) in [6.07, 6.45) is 1.09. The highest BCUT2D eigenvalue weighted by Gasteiger charge is 2.09. The highest BCUT2D eigenvalue weighted by Crippen LogP contribution is 2.29. The number of nitrogens with one attached hydrogen (secondary N) is 2. The number of aryl methyl sites for hydroxylation is 1. The second-order valence-electron chi connectivity index (χ2n) is 5.33. The molecule has 0 atom stereocenters. The summed E-state index contributed by atoms with van der Waals surface area (Å²) in [6, 6.07) is 11.9. The average Bonchev–Trinajstić information content (AvgIpc) is 2.78. The van der Waals surface area contributed by atoms with Crippen LogP contribution < -0.4 is 4.72 Å². The molecular formula is C16H15FN2O2S. The van der Waals surface area contributed by atoms with Gasteiger partial charge in [-0.05, 0) is 48.4 Å². The van der Waals surface area contributed by atoms with Gasteiger partial charge in [-0.25, -0.2) is 12.8 Å². The number of rotatable bonds is 3. The minimum Gasteiger partial charge on any atom is -0.359 e. The van der Waals surface area contributed by atoms with Gasteiger partial charge in [0.05, 0.1) is 6.26 Å². The van der Waals surface area contributed by atoms with Crippen LogP contribution in [0.15, 0.2) is 42.5 Å². The lowest BCUT2D eigenvalue weighted by atomic mass is 10.0. The van der Waals surface area contributed by atoms with E-state index in [9.17, 15) is 12.8 Å². The molecule has 6 heteroatoms. The van der Waals surface area contributed by atoms with Crippen molar-refractivity contribution in [3.63, 3.8) is 0 Å². The molecule has 0 bridgehead atoms. The zero-order chi connectivity index (χ0) is 15.9. The molecule has 3 rings (SSSR count). The van der Waals surface area contributed by atoms with E-state index < -0.39 is 10.0 Å². The van der Waals surface area contributed by atoms with Gasteiger partial charge in [-0.15, -0.1) is 0 Å². The summed E-state index contributed by atoms with van der Waals surface area (Å²) in [4.78, 5) is 3.11. The monoisotopic (exact) mass is 318 g/mol. The van der Waals surface area contributed by atoms with Crippen LogP contribution in [-0.2, 0) is 10.0 Å².